The number of urea groups is 1. The first kappa shape index (κ1) is 17.6. The largest absolute Gasteiger partial charge is 0.336 e. The lowest BCUT2D eigenvalue weighted by Crippen LogP contribution is -2.55. The number of anilines is 1. The first-order valence-electron chi connectivity index (χ1n) is 9.72. The molecular formula is C21H26N4O2. The van der Waals surface area contributed by atoms with Crippen molar-refractivity contribution in [3.8, 4) is 5.69 Å². The van der Waals surface area contributed by atoms with Crippen LogP contribution in [-0.2, 0) is 4.79 Å². The van der Waals surface area contributed by atoms with Gasteiger partial charge in [-0.1, -0.05) is 18.9 Å². The predicted octanol–water partition coefficient (Wildman–Crippen LogP) is 3.40. The second-order valence-corrected chi connectivity index (χ2v) is 7.42. The van der Waals surface area contributed by atoms with Gasteiger partial charge in [-0.2, -0.15) is 0 Å². The second-order valence-electron chi connectivity index (χ2n) is 7.42. The van der Waals surface area contributed by atoms with Gasteiger partial charge in [0.25, 0.3) is 0 Å². The zero-order valence-corrected chi connectivity index (χ0v) is 15.7. The summed E-state index contributed by atoms with van der Waals surface area (Å²) in [5, 5.41) is 2.99. The Kier molecular flexibility index (Phi) is 4.88. The van der Waals surface area contributed by atoms with Gasteiger partial charge in [0.2, 0.25) is 5.91 Å². The Balaban J connectivity index is 1.43. The molecule has 2 fully saturated rings. The van der Waals surface area contributed by atoms with Crippen LogP contribution in [0, 0.1) is 6.92 Å². The van der Waals surface area contributed by atoms with Gasteiger partial charge in [0.05, 0.1) is 0 Å². The van der Waals surface area contributed by atoms with Crippen molar-refractivity contribution in [3.63, 3.8) is 0 Å². The van der Waals surface area contributed by atoms with E-state index in [9.17, 15) is 9.59 Å². The van der Waals surface area contributed by atoms with Crippen LogP contribution in [0.2, 0.25) is 0 Å². The van der Waals surface area contributed by atoms with Crippen LogP contribution in [-0.4, -0.2) is 52.0 Å². The van der Waals surface area contributed by atoms with E-state index in [2.05, 4.69) is 5.32 Å². The summed E-state index contributed by atoms with van der Waals surface area (Å²) in [7, 11) is 0. The maximum absolute atomic E-state index is 12.7. The maximum atomic E-state index is 12.7. The number of carbonyl (C=O) groups is 2. The Labute approximate surface area is 159 Å². The van der Waals surface area contributed by atoms with E-state index in [-0.39, 0.29) is 18.5 Å². The molecule has 27 heavy (non-hydrogen) atoms. The van der Waals surface area contributed by atoms with Crippen molar-refractivity contribution in [2.24, 2.45) is 0 Å². The monoisotopic (exact) mass is 366 g/mol. The van der Waals surface area contributed by atoms with Crippen molar-refractivity contribution in [2.75, 3.05) is 25.0 Å². The van der Waals surface area contributed by atoms with E-state index in [1.54, 1.807) is 4.90 Å². The molecule has 142 valence electrons. The highest BCUT2D eigenvalue weighted by molar-refractivity contribution is 5.94. The van der Waals surface area contributed by atoms with Gasteiger partial charge in [-0.15, -0.1) is 0 Å². The first-order valence-corrected chi connectivity index (χ1v) is 9.72. The summed E-state index contributed by atoms with van der Waals surface area (Å²) in [4.78, 5) is 28.9. The molecule has 6 heteroatoms. The van der Waals surface area contributed by atoms with Crippen molar-refractivity contribution >= 4 is 17.6 Å². The quantitative estimate of drug-likeness (QED) is 0.905. The molecule has 0 spiro atoms. The molecule has 0 radical (unpaired) electrons. The number of amides is 3. The Morgan fingerprint density at radius 3 is 2.52 bits per heavy atom. The summed E-state index contributed by atoms with van der Waals surface area (Å²) < 4.78 is 2.02. The molecular weight excluding hydrogens is 340 g/mol. The molecule has 1 N–H and O–H groups in total. The van der Waals surface area contributed by atoms with Gasteiger partial charge in [0.15, 0.2) is 0 Å². The topological polar surface area (TPSA) is 57.6 Å². The van der Waals surface area contributed by atoms with E-state index >= 15 is 0 Å². The van der Waals surface area contributed by atoms with Crippen LogP contribution in [0.15, 0.2) is 42.7 Å². The fourth-order valence-corrected chi connectivity index (χ4v) is 4.19. The second kappa shape index (κ2) is 7.47. The van der Waals surface area contributed by atoms with Crippen LogP contribution in [0.3, 0.4) is 0 Å². The Hall–Kier alpha value is -2.76. The van der Waals surface area contributed by atoms with Gasteiger partial charge < -0.3 is 19.7 Å². The summed E-state index contributed by atoms with van der Waals surface area (Å²) in [5.74, 6) is 0.0705. The van der Waals surface area contributed by atoms with Crippen molar-refractivity contribution < 1.29 is 9.59 Å². The number of nitrogens with zero attached hydrogens (tertiary/aromatic N) is 3. The number of piperazine rings is 1. The Morgan fingerprint density at radius 1 is 1.07 bits per heavy atom. The number of hydrogen-bond donors (Lipinski definition) is 1. The number of benzene rings is 1. The molecule has 1 aromatic carbocycles. The normalized spacial score (nSPS) is 18.2. The van der Waals surface area contributed by atoms with Gasteiger partial charge in [0, 0.05) is 42.9 Å². The number of carbonyl (C=O) groups excluding carboxylic acids is 2. The molecule has 2 aliphatic rings. The van der Waals surface area contributed by atoms with Gasteiger partial charge in [-0.3, -0.25) is 4.79 Å². The fourth-order valence-electron chi connectivity index (χ4n) is 4.19. The highest BCUT2D eigenvalue weighted by Gasteiger charge is 2.33. The third-order valence-corrected chi connectivity index (χ3v) is 5.74. The van der Waals surface area contributed by atoms with E-state index in [0.29, 0.717) is 19.1 Å². The lowest BCUT2D eigenvalue weighted by Gasteiger charge is -2.37. The van der Waals surface area contributed by atoms with Crippen LogP contribution in [0.4, 0.5) is 10.5 Å². The highest BCUT2D eigenvalue weighted by Crippen LogP contribution is 2.26. The summed E-state index contributed by atoms with van der Waals surface area (Å²) in [6.45, 7) is 3.39. The molecule has 3 amide bonds. The molecule has 1 aliphatic carbocycles. The minimum Gasteiger partial charge on any atom is -0.336 e. The van der Waals surface area contributed by atoms with E-state index in [0.717, 1.165) is 29.8 Å². The van der Waals surface area contributed by atoms with Gasteiger partial charge in [-0.05, 0) is 49.6 Å². The molecule has 2 heterocycles. The van der Waals surface area contributed by atoms with Crippen LogP contribution in [0.1, 0.15) is 31.2 Å². The average molecular weight is 366 g/mol. The fraction of sp³-hybridized carbons (Fsp3) is 0.429. The van der Waals surface area contributed by atoms with Gasteiger partial charge in [0.1, 0.15) is 6.54 Å². The van der Waals surface area contributed by atoms with Gasteiger partial charge in [-0.25, -0.2) is 4.79 Å². The van der Waals surface area contributed by atoms with E-state index in [1.165, 1.54) is 12.8 Å². The summed E-state index contributed by atoms with van der Waals surface area (Å²) in [5.41, 5.74) is 2.80. The number of nitrogens with one attached hydrogen (secondary N) is 1. The minimum atomic E-state index is -0.206. The molecule has 1 aliphatic heterocycles. The molecule has 6 nitrogen and oxygen atoms in total. The Morgan fingerprint density at radius 2 is 1.81 bits per heavy atom. The molecule has 1 saturated heterocycles. The van der Waals surface area contributed by atoms with E-state index < -0.39 is 0 Å². The summed E-state index contributed by atoms with van der Waals surface area (Å²) >= 11 is 0. The lowest BCUT2D eigenvalue weighted by atomic mass is 10.1. The zero-order valence-electron chi connectivity index (χ0n) is 15.7. The SMILES string of the molecule is Cc1c(NC(=O)N2CCN(C3CCCC3)C(=O)C2)cccc1-n1cccc1. The van der Waals surface area contributed by atoms with E-state index in [4.69, 9.17) is 0 Å². The molecule has 0 atom stereocenters. The molecule has 0 unspecified atom stereocenters. The van der Waals surface area contributed by atoms with E-state index in [1.807, 2.05) is 59.1 Å². The summed E-state index contributed by atoms with van der Waals surface area (Å²) in [6, 6.07) is 9.97. The molecule has 2 aromatic rings. The molecule has 1 aromatic heterocycles. The zero-order chi connectivity index (χ0) is 18.8. The number of hydrogen-bond acceptors (Lipinski definition) is 2. The minimum absolute atomic E-state index is 0.0705. The average Bonchev–Trinajstić information content (AvgIpc) is 3.37. The van der Waals surface area contributed by atoms with Crippen molar-refractivity contribution in [3.05, 3.63) is 48.3 Å². The third-order valence-electron chi connectivity index (χ3n) is 5.74. The predicted molar refractivity (Wildman–Crippen MR) is 105 cm³/mol. The number of aromatic nitrogens is 1. The van der Waals surface area contributed by atoms with Crippen molar-refractivity contribution in [2.45, 2.75) is 38.6 Å². The molecule has 0 bridgehead atoms. The maximum Gasteiger partial charge on any atom is 0.322 e. The third kappa shape index (κ3) is 3.56. The smallest absolute Gasteiger partial charge is 0.322 e. The van der Waals surface area contributed by atoms with Crippen LogP contribution >= 0.6 is 0 Å². The van der Waals surface area contributed by atoms with Crippen molar-refractivity contribution in [1.82, 2.24) is 14.4 Å². The molecule has 4 rings (SSSR count). The van der Waals surface area contributed by atoms with Crippen LogP contribution < -0.4 is 5.32 Å². The van der Waals surface area contributed by atoms with Crippen LogP contribution in [0.5, 0.6) is 0 Å². The summed E-state index contributed by atoms with van der Waals surface area (Å²) in [6.07, 6.45) is 8.57. The molecule has 1 saturated carbocycles. The Bertz CT molecular complexity index is 825. The van der Waals surface area contributed by atoms with Crippen molar-refractivity contribution in [1.29, 1.82) is 0 Å². The highest BCUT2D eigenvalue weighted by atomic mass is 16.2. The number of rotatable bonds is 3. The van der Waals surface area contributed by atoms with Crippen LogP contribution in [0.25, 0.3) is 5.69 Å². The standard InChI is InChI=1S/C21H26N4O2/c1-16-18(9-6-10-19(16)23-11-4-5-12-23)22-21(27)24-13-14-25(20(26)15-24)17-7-2-3-8-17/h4-6,9-12,17H,2-3,7-8,13-15H2,1H3,(H,22,27). The van der Waals surface area contributed by atoms with Gasteiger partial charge >= 0.3 is 6.03 Å². The lowest BCUT2D eigenvalue weighted by molar-refractivity contribution is -0.137. The first-order chi connectivity index (χ1) is 13.1.